The van der Waals surface area contributed by atoms with Gasteiger partial charge in [-0.05, 0) is 49.2 Å². The zero-order valence-corrected chi connectivity index (χ0v) is 12.5. The first-order valence-corrected chi connectivity index (χ1v) is 7.42. The van der Waals surface area contributed by atoms with E-state index in [0.29, 0.717) is 4.77 Å². The molecule has 0 radical (unpaired) electrons. The lowest BCUT2D eigenvalue weighted by molar-refractivity contribution is 0.791. The highest BCUT2D eigenvalue weighted by molar-refractivity contribution is 7.71. The van der Waals surface area contributed by atoms with Gasteiger partial charge in [-0.15, -0.1) is 0 Å². The molecule has 0 saturated carbocycles. The normalized spacial score (nSPS) is 10.8. The molecule has 0 fully saturated rings. The fourth-order valence-electron chi connectivity index (χ4n) is 2.18. The second kappa shape index (κ2) is 6.66. The number of hydrogen-bond acceptors (Lipinski definition) is 2. The van der Waals surface area contributed by atoms with Crippen molar-refractivity contribution < 1.29 is 0 Å². The van der Waals surface area contributed by atoms with Crippen LogP contribution in [0.3, 0.4) is 0 Å². The second-order valence-electron chi connectivity index (χ2n) is 4.80. The maximum absolute atomic E-state index is 5.32. The number of H-pyrrole nitrogens is 1. The average molecular weight is 275 g/mol. The zero-order chi connectivity index (χ0) is 13.7. The van der Waals surface area contributed by atoms with E-state index < -0.39 is 0 Å². The summed E-state index contributed by atoms with van der Waals surface area (Å²) in [6.07, 6.45) is 5.62. The first kappa shape index (κ1) is 14.0. The number of nitrogens with zero attached hydrogens (tertiary/aromatic N) is 2. The maximum atomic E-state index is 5.32. The largest absolute Gasteiger partial charge is 0.272 e. The number of aryl methyl sites for hydroxylation is 2. The van der Waals surface area contributed by atoms with Crippen LogP contribution >= 0.6 is 12.2 Å². The van der Waals surface area contributed by atoms with Crippen LogP contribution in [0.4, 0.5) is 0 Å². The Morgan fingerprint density at radius 1 is 1.11 bits per heavy atom. The molecule has 0 aliphatic rings. The van der Waals surface area contributed by atoms with Crippen molar-refractivity contribution in [3.8, 4) is 5.69 Å². The molecule has 0 aliphatic carbocycles. The van der Waals surface area contributed by atoms with Gasteiger partial charge in [-0.3, -0.25) is 9.67 Å². The van der Waals surface area contributed by atoms with Gasteiger partial charge in [-0.1, -0.05) is 32.4 Å². The molecule has 0 bridgehead atoms. The fraction of sp³-hybridized carbons (Fsp3) is 0.467. The van der Waals surface area contributed by atoms with E-state index in [1.54, 1.807) is 0 Å². The molecule has 2 rings (SSSR count). The molecule has 1 aromatic heterocycles. The molecule has 0 atom stereocenters. The third-order valence-corrected chi connectivity index (χ3v) is 3.50. The molecule has 0 saturated heterocycles. The smallest absolute Gasteiger partial charge is 0.199 e. The number of aromatic nitrogens is 3. The van der Waals surface area contributed by atoms with E-state index in [4.69, 9.17) is 12.2 Å². The van der Waals surface area contributed by atoms with Crippen molar-refractivity contribution in [2.45, 2.75) is 46.0 Å². The average Bonchev–Trinajstić information content (AvgIpc) is 2.79. The van der Waals surface area contributed by atoms with Gasteiger partial charge in [-0.2, -0.15) is 5.10 Å². The summed E-state index contributed by atoms with van der Waals surface area (Å²) in [5.74, 6) is 1.01. The molecule has 1 heterocycles. The minimum absolute atomic E-state index is 0.671. The summed E-state index contributed by atoms with van der Waals surface area (Å²) in [6, 6.07) is 8.65. The van der Waals surface area contributed by atoms with Crippen molar-refractivity contribution >= 4 is 12.2 Å². The molecular weight excluding hydrogens is 254 g/mol. The highest BCUT2D eigenvalue weighted by atomic mass is 32.1. The molecule has 2 aromatic rings. The van der Waals surface area contributed by atoms with Gasteiger partial charge in [0.15, 0.2) is 4.77 Å². The standard InChI is InChI=1S/C15H21N3S/c1-3-5-7-12-8-10-13(11-9-12)18-14(6-4-2)16-17-15(18)19/h8-11H,3-7H2,1-2H3,(H,17,19). The molecule has 0 spiro atoms. The predicted molar refractivity (Wildman–Crippen MR) is 81.4 cm³/mol. The first-order chi connectivity index (χ1) is 9.26. The summed E-state index contributed by atoms with van der Waals surface area (Å²) in [4.78, 5) is 0. The number of aromatic amines is 1. The monoisotopic (exact) mass is 275 g/mol. The fourth-order valence-corrected chi connectivity index (χ4v) is 2.44. The first-order valence-electron chi connectivity index (χ1n) is 7.01. The Labute approximate surface area is 119 Å². The summed E-state index contributed by atoms with van der Waals surface area (Å²) in [5.41, 5.74) is 2.49. The van der Waals surface area contributed by atoms with Crippen LogP contribution in [0.5, 0.6) is 0 Å². The third-order valence-electron chi connectivity index (χ3n) is 3.23. The summed E-state index contributed by atoms with van der Waals surface area (Å²) in [5, 5.41) is 7.18. The minimum atomic E-state index is 0.671. The third kappa shape index (κ3) is 3.32. The van der Waals surface area contributed by atoms with Crippen LogP contribution in [0.15, 0.2) is 24.3 Å². The van der Waals surface area contributed by atoms with E-state index in [0.717, 1.165) is 30.8 Å². The Balaban J connectivity index is 2.26. The summed E-state index contributed by atoms with van der Waals surface area (Å²) >= 11 is 5.32. The van der Waals surface area contributed by atoms with Crippen molar-refractivity contribution in [3.05, 3.63) is 40.4 Å². The van der Waals surface area contributed by atoms with Crippen LogP contribution in [0, 0.1) is 4.77 Å². The van der Waals surface area contributed by atoms with E-state index in [-0.39, 0.29) is 0 Å². The van der Waals surface area contributed by atoms with Crippen molar-refractivity contribution in [1.82, 2.24) is 14.8 Å². The van der Waals surface area contributed by atoms with E-state index in [2.05, 4.69) is 48.3 Å². The minimum Gasteiger partial charge on any atom is -0.272 e. The molecule has 1 aromatic carbocycles. The molecule has 0 aliphatic heterocycles. The lowest BCUT2D eigenvalue weighted by atomic mass is 10.1. The van der Waals surface area contributed by atoms with Crippen LogP contribution in [0.1, 0.15) is 44.5 Å². The van der Waals surface area contributed by atoms with Gasteiger partial charge in [0.1, 0.15) is 5.82 Å². The number of benzene rings is 1. The summed E-state index contributed by atoms with van der Waals surface area (Å²) in [7, 11) is 0. The number of nitrogens with one attached hydrogen (secondary N) is 1. The lowest BCUT2D eigenvalue weighted by Crippen LogP contribution is -2.01. The highest BCUT2D eigenvalue weighted by Crippen LogP contribution is 2.14. The molecule has 0 unspecified atom stereocenters. The number of hydrogen-bond donors (Lipinski definition) is 1. The number of unbranched alkanes of at least 4 members (excludes halogenated alkanes) is 1. The Kier molecular flexibility index (Phi) is 4.91. The van der Waals surface area contributed by atoms with Gasteiger partial charge in [0.25, 0.3) is 0 Å². The van der Waals surface area contributed by atoms with Crippen LogP contribution in [-0.4, -0.2) is 14.8 Å². The molecule has 1 N–H and O–H groups in total. The van der Waals surface area contributed by atoms with Gasteiger partial charge in [0.2, 0.25) is 0 Å². The van der Waals surface area contributed by atoms with Gasteiger partial charge >= 0.3 is 0 Å². The second-order valence-corrected chi connectivity index (χ2v) is 5.19. The Hall–Kier alpha value is -1.42. The zero-order valence-electron chi connectivity index (χ0n) is 11.6. The Morgan fingerprint density at radius 3 is 2.47 bits per heavy atom. The summed E-state index contributed by atoms with van der Waals surface area (Å²) in [6.45, 7) is 4.37. The van der Waals surface area contributed by atoms with Gasteiger partial charge in [0, 0.05) is 12.1 Å². The molecule has 19 heavy (non-hydrogen) atoms. The van der Waals surface area contributed by atoms with Crippen molar-refractivity contribution in [2.24, 2.45) is 0 Å². The topological polar surface area (TPSA) is 33.6 Å². The van der Waals surface area contributed by atoms with E-state index >= 15 is 0 Å². The highest BCUT2D eigenvalue weighted by Gasteiger charge is 2.07. The quantitative estimate of drug-likeness (QED) is 0.801. The van der Waals surface area contributed by atoms with Crippen LogP contribution in [0.2, 0.25) is 0 Å². The predicted octanol–water partition coefficient (Wildman–Crippen LogP) is 4.22. The van der Waals surface area contributed by atoms with Crippen LogP contribution < -0.4 is 0 Å². The maximum Gasteiger partial charge on any atom is 0.199 e. The van der Waals surface area contributed by atoms with Crippen molar-refractivity contribution in [1.29, 1.82) is 0 Å². The summed E-state index contributed by atoms with van der Waals surface area (Å²) < 4.78 is 2.70. The Bertz CT molecular complexity index is 566. The van der Waals surface area contributed by atoms with Crippen LogP contribution in [-0.2, 0) is 12.8 Å². The number of rotatable bonds is 6. The van der Waals surface area contributed by atoms with Gasteiger partial charge in [0.05, 0.1) is 0 Å². The molecule has 3 nitrogen and oxygen atoms in total. The van der Waals surface area contributed by atoms with E-state index in [1.807, 2.05) is 4.57 Å². The van der Waals surface area contributed by atoms with E-state index in [1.165, 1.54) is 18.4 Å². The molecule has 0 amide bonds. The molecule has 102 valence electrons. The van der Waals surface area contributed by atoms with E-state index in [9.17, 15) is 0 Å². The van der Waals surface area contributed by atoms with Crippen LogP contribution in [0.25, 0.3) is 5.69 Å². The molecular formula is C15H21N3S. The van der Waals surface area contributed by atoms with Crippen molar-refractivity contribution in [2.75, 3.05) is 0 Å². The van der Waals surface area contributed by atoms with Crippen molar-refractivity contribution in [3.63, 3.8) is 0 Å². The van der Waals surface area contributed by atoms with Gasteiger partial charge in [-0.25, -0.2) is 0 Å². The lowest BCUT2D eigenvalue weighted by Gasteiger charge is -2.07. The van der Waals surface area contributed by atoms with Gasteiger partial charge < -0.3 is 0 Å². The Morgan fingerprint density at radius 2 is 1.84 bits per heavy atom. The SMILES string of the molecule is CCCCc1ccc(-n2c(CCC)n[nH]c2=S)cc1. The molecule has 4 heteroatoms.